The lowest BCUT2D eigenvalue weighted by Crippen LogP contribution is -2.63. The number of fused-ring (bicyclic) bond motifs is 1. The molecule has 0 radical (unpaired) electrons. The third-order valence-corrected chi connectivity index (χ3v) is 9.27. The zero-order valence-corrected chi connectivity index (χ0v) is 21.0. The summed E-state index contributed by atoms with van der Waals surface area (Å²) in [6.07, 6.45) is 2.91. The zero-order valence-electron chi connectivity index (χ0n) is 21.0. The monoisotopic (exact) mass is 470 g/mol. The Bertz CT molecular complexity index is 694. The second-order valence-corrected chi connectivity index (χ2v) is 11.8. The van der Waals surface area contributed by atoms with Crippen molar-refractivity contribution in [1.82, 2.24) is 0 Å². The standard InChI is InChI=1S/C26H46O7/c1-16-20(29)21(30)22(31)23(32-16)33-26(5)13-9-18-24(2,3)11-6-12-25(18,4)19(26)8-7-17(15-28)10-14-27/h10,16,18-23,27-31H,6-9,11-15H2,1-5H3. The van der Waals surface area contributed by atoms with Crippen LogP contribution in [0.3, 0.4) is 0 Å². The van der Waals surface area contributed by atoms with Gasteiger partial charge >= 0.3 is 0 Å². The lowest BCUT2D eigenvalue weighted by atomic mass is 9.45. The highest BCUT2D eigenvalue weighted by Gasteiger charge is 2.59. The Kier molecular flexibility index (Phi) is 8.37. The van der Waals surface area contributed by atoms with Crippen LogP contribution in [0.2, 0.25) is 0 Å². The second-order valence-electron chi connectivity index (χ2n) is 11.8. The third-order valence-electron chi connectivity index (χ3n) is 9.27. The smallest absolute Gasteiger partial charge is 0.187 e. The van der Waals surface area contributed by atoms with Crippen molar-refractivity contribution in [3.8, 4) is 0 Å². The van der Waals surface area contributed by atoms with E-state index >= 15 is 0 Å². The van der Waals surface area contributed by atoms with Gasteiger partial charge in [0.15, 0.2) is 6.29 Å². The van der Waals surface area contributed by atoms with Gasteiger partial charge < -0.3 is 35.0 Å². The van der Waals surface area contributed by atoms with Crippen molar-refractivity contribution in [1.29, 1.82) is 0 Å². The minimum Gasteiger partial charge on any atom is -0.392 e. The molecule has 3 aliphatic rings. The SMILES string of the molecule is CC1OC(OC2(C)CCC3C(C)(C)CCCC3(C)C2CCC(=CCO)CO)C(O)C(O)C1O. The van der Waals surface area contributed by atoms with Gasteiger partial charge in [0.05, 0.1) is 24.9 Å². The first-order chi connectivity index (χ1) is 15.4. The maximum Gasteiger partial charge on any atom is 0.187 e. The molecule has 0 bridgehead atoms. The van der Waals surface area contributed by atoms with E-state index in [1.54, 1.807) is 13.0 Å². The van der Waals surface area contributed by atoms with Gasteiger partial charge in [0.1, 0.15) is 18.3 Å². The van der Waals surface area contributed by atoms with Crippen LogP contribution < -0.4 is 0 Å². The summed E-state index contributed by atoms with van der Waals surface area (Å²) in [5.41, 5.74) is 0.453. The van der Waals surface area contributed by atoms with E-state index in [1.807, 2.05) is 0 Å². The van der Waals surface area contributed by atoms with E-state index in [9.17, 15) is 25.5 Å². The number of aliphatic hydroxyl groups is 5. The predicted octanol–water partition coefficient (Wildman–Crippen LogP) is 2.52. The van der Waals surface area contributed by atoms with Crippen LogP contribution in [0.1, 0.15) is 79.6 Å². The summed E-state index contributed by atoms with van der Waals surface area (Å²) in [6.45, 7) is 10.7. The van der Waals surface area contributed by atoms with Crippen LogP contribution in [0.4, 0.5) is 0 Å². The van der Waals surface area contributed by atoms with E-state index in [2.05, 4.69) is 27.7 Å². The summed E-state index contributed by atoms with van der Waals surface area (Å²) in [5, 5.41) is 50.1. The van der Waals surface area contributed by atoms with Crippen LogP contribution in [0.25, 0.3) is 0 Å². The van der Waals surface area contributed by atoms with Crippen molar-refractivity contribution in [2.45, 2.75) is 116 Å². The van der Waals surface area contributed by atoms with Crippen molar-refractivity contribution < 1.29 is 35.0 Å². The predicted molar refractivity (Wildman–Crippen MR) is 125 cm³/mol. The molecule has 0 spiro atoms. The lowest BCUT2D eigenvalue weighted by molar-refractivity contribution is -0.338. The van der Waals surface area contributed by atoms with Gasteiger partial charge in [-0.05, 0) is 80.6 Å². The van der Waals surface area contributed by atoms with Crippen LogP contribution in [0.15, 0.2) is 11.6 Å². The number of hydrogen-bond donors (Lipinski definition) is 5. The van der Waals surface area contributed by atoms with Gasteiger partial charge in [-0.3, -0.25) is 0 Å². The number of aliphatic hydroxyl groups excluding tert-OH is 5. The molecule has 5 N–H and O–H groups in total. The van der Waals surface area contributed by atoms with Crippen LogP contribution >= 0.6 is 0 Å². The van der Waals surface area contributed by atoms with Crippen molar-refractivity contribution in [2.75, 3.05) is 13.2 Å². The van der Waals surface area contributed by atoms with Gasteiger partial charge in [0.2, 0.25) is 0 Å². The molecular formula is C26H46O7. The molecule has 0 aromatic heterocycles. The number of rotatable bonds is 7. The normalized spacial score (nSPS) is 46.1. The number of ether oxygens (including phenoxy) is 2. The van der Waals surface area contributed by atoms with Crippen molar-refractivity contribution >= 4 is 0 Å². The van der Waals surface area contributed by atoms with Crippen molar-refractivity contribution in [3.05, 3.63) is 11.6 Å². The summed E-state index contributed by atoms with van der Waals surface area (Å²) in [4.78, 5) is 0. The summed E-state index contributed by atoms with van der Waals surface area (Å²) in [7, 11) is 0. The summed E-state index contributed by atoms with van der Waals surface area (Å²) in [6, 6.07) is 0. The minimum absolute atomic E-state index is 0.0118. The van der Waals surface area contributed by atoms with E-state index in [1.165, 1.54) is 6.42 Å². The Labute approximate surface area is 198 Å². The summed E-state index contributed by atoms with van der Waals surface area (Å²) in [5.74, 6) is 0.662. The first-order valence-electron chi connectivity index (χ1n) is 12.7. The largest absolute Gasteiger partial charge is 0.392 e. The maximum atomic E-state index is 10.6. The highest BCUT2D eigenvalue weighted by Crippen LogP contribution is 2.64. The fraction of sp³-hybridized carbons (Fsp3) is 0.923. The second kappa shape index (κ2) is 10.2. The maximum absolute atomic E-state index is 10.6. The number of hydrogen-bond acceptors (Lipinski definition) is 7. The Hall–Kier alpha value is -0.540. The topological polar surface area (TPSA) is 120 Å². The van der Waals surface area contributed by atoms with Gasteiger partial charge in [0, 0.05) is 0 Å². The molecule has 7 heteroatoms. The van der Waals surface area contributed by atoms with E-state index in [0.717, 1.165) is 37.7 Å². The average molecular weight is 471 g/mol. The molecule has 3 rings (SSSR count). The third kappa shape index (κ3) is 5.20. The molecule has 0 aromatic rings. The minimum atomic E-state index is -1.33. The summed E-state index contributed by atoms with van der Waals surface area (Å²) < 4.78 is 12.4. The quantitative estimate of drug-likeness (QED) is 0.286. The molecule has 2 aliphatic carbocycles. The fourth-order valence-electron chi connectivity index (χ4n) is 7.46. The van der Waals surface area contributed by atoms with Crippen molar-refractivity contribution in [2.24, 2.45) is 22.7 Å². The first kappa shape index (κ1) is 27.1. The fourth-order valence-corrected chi connectivity index (χ4v) is 7.46. The van der Waals surface area contributed by atoms with Crippen LogP contribution in [-0.2, 0) is 9.47 Å². The van der Waals surface area contributed by atoms with Crippen LogP contribution in [-0.4, -0.2) is 75.1 Å². The van der Waals surface area contributed by atoms with E-state index in [0.29, 0.717) is 12.3 Å². The molecule has 9 atom stereocenters. The highest BCUT2D eigenvalue weighted by molar-refractivity contribution is 5.11. The lowest BCUT2D eigenvalue weighted by Gasteiger charge is -2.63. The molecule has 9 unspecified atom stereocenters. The van der Waals surface area contributed by atoms with Crippen LogP contribution in [0.5, 0.6) is 0 Å². The molecule has 1 saturated heterocycles. The van der Waals surface area contributed by atoms with E-state index in [4.69, 9.17) is 9.47 Å². The Morgan fingerprint density at radius 2 is 1.70 bits per heavy atom. The molecule has 1 aliphatic heterocycles. The van der Waals surface area contributed by atoms with Crippen LogP contribution in [0, 0.1) is 22.7 Å². The highest BCUT2D eigenvalue weighted by atomic mass is 16.7. The van der Waals surface area contributed by atoms with Gasteiger partial charge in [-0.15, -0.1) is 0 Å². The molecule has 7 nitrogen and oxygen atoms in total. The van der Waals surface area contributed by atoms with Gasteiger partial charge in [-0.1, -0.05) is 33.3 Å². The van der Waals surface area contributed by atoms with Gasteiger partial charge in [-0.2, -0.15) is 0 Å². The molecule has 3 fully saturated rings. The molecule has 0 aromatic carbocycles. The molecule has 192 valence electrons. The van der Waals surface area contributed by atoms with Crippen molar-refractivity contribution in [3.63, 3.8) is 0 Å². The van der Waals surface area contributed by atoms with Gasteiger partial charge in [-0.25, -0.2) is 0 Å². The Balaban J connectivity index is 1.91. The zero-order chi connectivity index (χ0) is 24.6. The molecule has 1 heterocycles. The van der Waals surface area contributed by atoms with E-state index < -0.39 is 36.3 Å². The molecule has 2 saturated carbocycles. The molecular weight excluding hydrogens is 424 g/mol. The first-order valence-corrected chi connectivity index (χ1v) is 12.7. The molecule has 0 amide bonds. The summed E-state index contributed by atoms with van der Waals surface area (Å²) >= 11 is 0. The molecule has 33 heavy (non-hydrogen) atoms. The van der Waals surface area contributed by atoms with E-state index in [-0.39, 0.29) is 30.0 Å². The Morgan fingerprint density at radius 1 is 1.00 bits per heavy atom. The van der Waals surface area contributed by atoms with Gasteiger partial charge in [0.25, 0.3) is 0 Å². The average Bonchev–Trinajstić information content (AvgIpc) is 2.74. The Morgan fingerprint density at radius 3 is 2.33 bits per heavy atom.